The van der Waals surface area contributed by atoms with Crippen molar-refractivity contribution >= 4 is 12.3 Å². The molecular formula is C9H16N2O2. The highest BCUT2D eigenvalue weighted by atomic mass is 16.2. The van der Waals surface area contributed by atoms with E-state index in [1.165, 1.54) is 0 Å². The normalized spacial score (nSPS) is 18.5. The first-order chi connectivity index (χ1) is 6.15. The number of amides is 2. The molecule has 1 rings (SSSR count). The second-order valence-corrected chi connectivity index (χ2v) is 3.50. The first-order valence-electron chi connectivity index (χ1n) is 4.58. The Kier molecular flexibility index (Phi) is 3.28. The van der Waals surface area contributed by atoms with Crippen LogP contribution < -0.4 is 0 Å². The molecule has 0 N–H and O–H groups in total. The van der Waals surface area contributed by atoms with Crippen LogP contribution in [0.25, 0.3) is 0 Å². The van der Waals surface area contributed by atoms with Gasteiger partial charge in [-0.1, -0.05) is 0 Å². The highest BCUT2D eigenvalue weighted by Gasteiger charge is 2.22. The fourth-order valence-electron chi connectivity index (χ4n) is 1.64. The first kappa shape index (κ1) is 10.0. The Bertz CT molecular complexity index is 198. The molecule has 13 heavy (non-hydrogen) atoms. The zero-order valence-electron chi connectivity index (χ0n) is 8.19. The number of rotatable bonds is 2. The van der Waals surface area contributed by atoms with E-state index < -0.39 is 0 Å². The minimum Gasteiger partial charge on any atom is -0.345 e. The Morgan fingerprint density at radius 1 is 1.46 bits per heavy atom. The number of hydrogen-bond acceptors (Lipinski definition) is 2. The van der Waals surface area contributed by atoms with Gasteiger partial charge in [0.15, 0.2) is 0 Å². The summed E-state index contributed by atoms with van der Waals surface area (Å²) in [6, 6.07) is 0.314. The summed E-state index contributed by atoms with van der Waals surface area (Å²) < 4.78 is 0. The van der Waals surface area contributed by atoms with Crippen LogP contribution in [0.4, 0.5) is 0 Å². The number of carbonyl (C=O) groups is 2. The summed E-state index contributed by atoms with van der Waals surface area (Å²) >= 11 is 0. The predicted molar refractivity (Wildman–Crippen MR) is 49.1 cm³/mol. The molecule has 2 amide bonds. The van der Waals surface area contributed by atoms with Gasteiger partial charge >= 0.3 is 0 Å². The summed E-state index contributed by atoms with van der Waals surface area (Å²) in [5, 5.41) is 0. The van der Waals surface area contributed by atoms with Crippen molar-refractivity contribution < 1.29 is 9.59 Å². The lowest BCUT2D eigenvalue weighted by molar-refractivity contribution is -0.130. The number of hydrogen-bond donors (Lipinski definition) is 0. The van der Waals surface area contributed by atoms with Gasteiger partial charge < -0.3 is 9.80 Å². The van der Waals surface area contributed by atoms with E-state index in [1.807, 2.05) is 7.05 Å². The second-order valence-electron chi connectivity index (χ2n) is 3.50. The molecule has 0 aromatic heterocycles. The second kappa shape index (κ2) is 4.25. The van der Waals surface area contributed by atoms with Crippen molar-refractivity contribution in [2.45, 2.75) is 25.8 Å². The van der Waals surface area contributed by atoms with Crippen LogP contribution in [-0.2, 0) is 9.59 Å². The topological polar surface area (TPSA) is 40.6 Å². The maximum Gasteiger partial charge on any atom is 0.219 e. The van der Waals surface area contributed by atoms with Crippen LogP contribution in [0.5, 0.6) is 0 Å². The maximum absolute atomic E-state index is 11.0. The third-order valence-corrected chi connectivity index (χ3v) is 2.69. The Balaban J connectivity index is 2.40. The molecule has 1 heterocycles. The van der Waals surface area contributed by atoms with Crippen molar-refractivity contribution in [3.8, 4) is 0 Å². The minimum atomic E-state index is 0.101. The Hall–Kier alpha value is -1.06. The van der Waals surface area contributed by atoms with E-state index in [0.29, 0.717) is 6.04 Å². The van der Waals surface area contributed by atoms with Gasteiger partial charge in [-0.25, -0.2) is 0 Å². The first-order valence-corrected chi connectivity index (χ1v) is 4.58. The molecule has 0 aromatic rings. The average molecular weight is 184 g/mol. The number of nitrogens with zero attached hydrogens (tertiary/aromatic N) is 2. The lowest BCUT2D eigenvalue weighted by Crippen LogP contribution is -2.44. The summed E-state index contributed by atoms with van der Waals surface area (Å²) in [6.07, 6.45) is 2.67. The molecule has 0 aromatic carbocycles. The molecule has 0 aliphatic carbocycles. The number of carbonyl (C=O) groups excluding carboxylic acids is 2. The van der Waals surface area contributed by atoms with Gasteiger partial charge in [0.25, 0.3) is 0 Å². The molecular weight excluding hydrogens is 168 g/mol. The molecule has 74 valence electrons. The van der Waals surface area contributed by atoms with Gasteiger partial charge in [-0.05, 0) is 12.8 Å². The number of piperidine rings is 1. The average Bonchev–Trinajstić information content (AvgIpc) is 2.17. The predicted octanol–water partition coefficient (Wildman–Crippen LogP) is 0.0855. The van der Waals surface area contributed by atoms with Gasteiger partial charge in [0.05, 0.1) is 0 Å². The highest BCUT2D eigenvalue weighted by Crippen LogP contribution is 2.13. The van der Waals surface area contributed by atoms with Gasteiger partial charge in [-0.3, -0.25) is 9.59 Å². The van der Waals surface area contributed by atoms with Crippen LogP contribution in [0.1, 0.15) is 19.8 Å². The Morgan fingerprint density at radius 2 is 2.00 bits per heavy atom. The molecule has 1 fully saturated rings. The summed E-state index contributed by atoms with van der Waals surface area (Å²) in [5.41, 5.74) is 0. The molecule has 4 heteroatoms. The zero-order chi connectivity index (χ0) is 9.84. The lowest BCUT2D eigenvalue weighted by Gasteiger charge is -2.34. The molecule has 1 aliphatic rings. The fraction of sp³-hybridized carbons (Fsp3) is 0.778. The van der Waals surface area contributed by atoms with E-state index in [4.69, 9.17) is 0 Å². The third-order valence-electron chi connectivity index (χ3n) is 2.69. The number of likely N-dealkylation sites (tertiary alicyclic amines) is 1. The smallest absolute Gasteiger partial charge is 0.219 e. The maximum atomic E-state index is 11.0. The molecule has 1 saturated heterocycles. The van der Waals surface area contributed by atoms with Crippen LogP contribution in [0.15, 0.2) is 0 Å². The monoisotopic (exact) mass is 184 g/mol. The van der Waals surface area contributed by atoms with E-state index in [-0.39, 0.29) is 5.91 Å². The SMILES string of the molecule is CC(=O)N(C)C1CCN(C=O)CC1. The minimum absolute atomic E-state index is 0.101. The van der Waals surface area contributed by atoms with Crippen LogP contribution in [-0.4, -0.2) is 48.3 Å². The van der Waals surface area contributed by atoms with Crippen molar-refractivity contribution in [2.75, 3.05) is 20.1 Å². The lowest BCUT2D eigenvalue weighted by atomic mass is 10.0. The fourth-order valence-corrected chi connectivity index (χ4v) is 1.64. The Labute approximate surface area is 78.5 Å². The summed E-state index contributed by atoms with van der Waals surface area (Å²) in [7, 11) is 1.82. The molecule has 0 saturated carbocycles. The van der Waals surface area contributed by atoms with Crippen molar-refractivity contribution in [1.82, 2.24) is 9.80 Å². The third kappa shape index (κ3) is 2.44. The molecule has 0 bridgehead atoms. The standard InChI is InChI=1S/C9H16N2O2/c1-8(13)10(2)9-3-5-11(7-12)6-4-9/h7,9H,3-6H2,1-2H3. The van der Waals surface area contributed by atoms with Gasteiger partial charge in [0, 0.05) is 33.1 Å². The van der Waals surface area contributed by atoms with Gasteiger partial charge in [0.2, 0.25) is 12.3 Å². The summed E-state index contributed by atoms with van der Waals surface area (Å²) in [4.78, 5) is 25.0. The molecule has 1 aliphatic heterocycles. The summed E-state index contributed by atoms with van der Waals surface area (Å²) in [5.74, 6) is 0.101. The van der Waals surface area contributed by atoms with Crippen molar-refractivity contribution in [3.63, 3.8) is 0 Å². The van der Waals surface area contributed by atoms with E-state index >= 15 is 0 Å². The molecule has 0 atom stereocenters. The van der Waals surface area contributed by atoms with Gasteiger partial charge in [0.1, 0.15) is 0 Å². The summed E-state index contributed by atoms with van der Waals surface area (Å²) in [6.45, 7) is 3.11. The zero-order valence-corrected chi connectivity index (χ0v) is 8.19. The van der Waals surface area contributed by atoms with Crippen LogP contribution in [0.3, 0.4) is 0 Å². The molecule has 4 nitrogen and oxygen atoms in total. The van der Waals surface area contributed by atoms with Gasteiger partial charge in [-0.2, -0.15) is 0 Å². The van der Waals surface area contributed by atoms with Crippen LogP contribution in [0, 0.1) is 0 Å². The van der Waals surface area contributed by atoms with E-state index in [1.54, 1.807) is 16.7 Å². The Morgan fingerprint density at radius 3 is 2.38 bits per heavy atom. The van der Waals surface area contributed by atoms with Crippen molar-refractivity contribution in [3.05, 3.63) is 0 Å². The van der Waals surface area contributed by atoms with E-state index in [9.17, 15) is 9.59 Å². The highest BCUT2D eigenvalue weighted by molar-refractivity contribution is 5.73. The van der Waals surface area contributed by atoms with Crippen LogP contribution in [0.2, 0.25) is 0 Å². The van der Waals surface area contributed by atoms with E-state index in [2.05, 4.69) is 0 Å². The van der Waals surface area contributed by atoms with Crippen molar-refractivity contribution in [1.29, 1.82) is 0 Å². The van der Waals surface area contributed by atoms with Gasteiger partial charge in [-0.15, -0.1) is 0 Å². The van der Waals surface area contributed by atoms with Crippen molar-refractivity contribution in [2.24, 2.45) is 0 Å². The van der Waals surface area contributed by atoms with Crippen LogP contribution >= 0.6 is 0 Å². The molecule has 0 unspecified atom stereocenters. The quantitative estimate of drug-likeness (QED) is 0.570. The van der Waals surface area contributed by atoms with E-state index in [0.717, 1.165) is 32.3 Å². The largest absolute Gasteiger partial charge is 0.345 e. The molecule has 0 radical (unpaired) electrons. The molecule has 0 spiro atoms.